The maximum absolute atomic E-state index is 6.24. The summed E-state index contributed by atoms with van der Waals surface area (Å²) in [6.45, 7) is 14.8. The number of hydrogen-bond acceptors (Lipinski definition) is 4. The molecule has 0 amide bonds. The lowest BCUT2D eigenvalue weighted by Gasteiger charge is -2.35. The third-order valence-corrected chi connectivity index (χ3v) is 5.16. The van der Waals surface area contributed by atoms with E-state index in [1.807, 2.05) is 6.20 Å². The van der Waals surface area contributed by atoms with Crippen molar-refractivity contribution >= 4 is 0 Å². The molecule has 2 rings (SSSR count). The lowest BCUT2D eigenvalue weighted by Crippen LogP contribution is -2.34. The summed E-state index contributed by atoms with van der Waals surface area (Å²) in [5.41, 5.74) is 2.61. The third kappa shape index (κ3) is 7.55. The van der Waals surface area contributed by atoms with Crippen molar-refractivity contribution in [3.8, 4) is 0 Å². The van der Waals surface area contributed by atoms with Crippen LogP contribution in [0.2, 0.25) is 0 Å². The van der Waals surface area contributed by atoms with Crippen molar-refractivity contribution in [1.82, 2.24) is 15.1 Å². The van der Waals surface area contributed by atoms with Crippen molar-refractivity contribution in [2.75, 3.05) is 26.8 Å². The first-order valence-corrected chi connectivity index (χ1v) is 10.8. The van der Waals surface area contributed by atoms with Crippen molar-refractivity contribution in [3.05, 3.63) is 17.5 Å². The second-order valence-electron chi connectivity index (χ2n) is 9.15. The number of nitrogens with zero attached hydrogens (tertiary/aromatic N) is 2. The molecule has 0 radical (unpaired) electrons. The normalized spacial score (nSPS) is 23.7. The van der Waals surface area contributed by atoms with Crippen LogP contribution in [0.1, 0.15) is 77.5 Å². The Morgan fingerprint density at radius 2 is 1.67 bits per heavy atom. The quantitative estimate of drug-likeness (QED) is 0.610. The molecule has 2 unspecified atom stereocenters. The summed E-state index contributed by atoms with van der Waals surface area (Å²) in [5.74, 6) is 1.55. The van der Waals surface area contributed by atoms with Crippen LogP contribution in [0.25, 0.3) is 0 Å². The molecule has 0 bridgehead atoms. The minimum absolute atomic E-state index is 0.271. The van der Waals surface area contributed by atoms with Crippen molar-refractivity contribution in [2.24, 2.45) is 11.8 Å². The molecule has 156 valence electrons. The molecule has 0 aliphatic heterocycles. The van der Waals surface area contributed by atoms with Gasteiger partial charge in [0.25, 0.3) is 0 Å². The Labute approximate surface area is 166 Å². The number of rotatable bonds is 11. The van der Waals surface area contributed by atoms with Gasteiger partial charge < -0.3 is 14.4 Å². The van der Waals surface area contributed by atoms with Crippen LogP contribution < -0.4 is 0 Å². The second kappa shape index (κ2) is 11.2. The summed E-state index contributed by atoms with van der Waals surface area (Å²) in [6.07, 6.45) is 6.84. The molecule has 1 N–H and O–H groups in total. The number of hydrogen-bond donors (Lipinski definition) is 1. The van der Waals surface area contributed by atoms with Gasteiger partial charge in [0.05, 0.1) is 18.4 Å². The van der Waals surface area contributed by atoms with Crippen LogP contribution in [0.3, 0.4) is 0 Å². The average Bonchev–Trinajstić information content (AvgIpc) is 3.06. The van der Waals surface area contributed by atoms with Gasteiger partial charge >= 0.3 is 0 Å². The molecular formula is C22H41N3O2. The lowest BCUT2D eigenvalue weighted by atomic mass is 9.82. The van der Waals surface area contributed by atoms with Gasteiger partial charge in [-0.1, -0.05) is 34.6 Å². The van der Waals surface area contributed by atoms with E-state index in [1.54, 1.807) is 0 Å². The van der Waals surface area contributed by atoms with Crippen molar-refractivity contribution in [3.63, 3.8) is 0 Å². The zero-order valence-corrected chi connectivity index (χ0v) is 18.3. The summed E-state index contributed by atoms with van der Waals surface area (Å²) >= 11 is 0. The molecule has 0 saturated heterocycles. The Morgan fingerprint density at radius 1 is 1.07 bits per heavy atom. The molecule has 2 atom stereocenters. The van der Waals surface area contributed by atoms with E-state index in [0.29, 0.717) is 17.8 Å². The van der Waals surface area contributed by atoms with Gasteiger partial charge in [-0.05, 0) is 51.1 Å². The van der Waals surface area contributed by atoms with Gasteiger partial charge in [-0.25, -0.2) is 0 Å². The number of aromatic nitrogens is 2. The average molecular weight is 380 g/mol. The van der Waals surface area contributed by atoms with E-state index in [1.165, 1.54) is 17.7 Å². The fourth-order valence-corrected chi connectivity index (χ4v) is 3.93. The van der Waals surface area contributed by atoms with E-state index in [0.717, 1.165) is 45.6 Å². The van der Waals surface area contributed by atoms with Gasteiger partial charge in [-0.15, -0.1) is 0 Å². The molecule has 1 aliphatic carbocycles. The number of ether oxygens (including phenoxy) is 2. The van der Waals surface area contributed by atoms with Crippen molar-refractivity contribution in [1.29, 1.82) is 0 Å². The maximum atomic E-state index is 6.24. The number of nitrogens with one attached hydrogen (secondary N) is 1. The van der Waals surface area contributed by atoms with Gasteiger partial charge in [0.1, 0.15) is 0 Å². The zero-order valence-electron chi connectivity index (χ0n) is 18.3. The van der Waals surface area contributed by atoms with Crippen LogP contribution in [-0.2, 0) is 16.0 Å². The molecule has 0 aromatic carbocycles. The Morgan fingerprint density at radius 3 is 2.19 bits per heavy atom. The van der Waals surface area contributed by atoms with Crippen LogP contribution in [0.15, 0.2) is 6.20 Å². The zero-order chi connectivity index (χ0) is 19.8. The molecule has 1 saturated carbocycles. The second-order valence-corrected chi connectivity index (χ2v) is 9.15. The van der Waals surface area contributed by atoms with Crippen molar-refractivity contribution in [2.45, 2.75) is 85.0 Å². The van der Waals surface area contributed by atoms with Gasteiger partial charge in [-0.3, -0.25) is 5.10 Å². The van der Waals surface area contributed by atoms with Gasteiger partial charge in [0.2, 0.25) is 0 Å². The van der Waals surface area contributed by atoms with E-state index in [2.05, 4.69) is 56.8 Å². The first-order valence-electron chi connectivity index (χ1n) is 10.8. The van der Waals surface area contributed by atoms with E-state index >= 15 is 0 Å². The summed E-state index contributed by atoms with van der Waals surface area (Å²) in [4.78, 5) is 2.37. The summed E-state index contributed by atoms with van der Waals surface area (Å²) < 4.78 is 12.5. The highest BCUT2D eigenvalue weighted by atomic mass is 16.5. The minimum Gasteiger partial charge on any atom is -0.378 e. The third-order valence-electron chi connectivity index (χ3n) is 5.16. The maximum Gasteiger partial charge on any atom is 0.0606 e. The highest BCUT2D eigenvalue weighted by molar-refractivity contribution is 5.21. The Bertz CT molecular complexity index is 509. The number of H-pyrrole nitrogens is 1. The summed E-state index contributed by atoms with van der Waals surface area (Å²) in [6, 6.07) is 0. The van der Waals surface area contributed by atoms with Crippen LogP contribution in [0, 0.1) is 11.8 Å². The monoisotopic (exact) mass is 379 g/mol. The standard InChI is InChI=1S/C22H41N3O2/c1-7-8-25(6)13-19-12-23-24-22(19)18-9-20(26-14-16(2)3)11-21(10-18)27-15-17(4)5/h12,16-18,20-21H,7-11,13-15H2,1-6H3,(H,23,24). The fraction of sp³-hybridized carbons (Fsp3) is 0.864. The fourth-order valence-electron chi connectivity index (χ4n) is 3.93. The minimum atomic E-state index is 0.271. The van der Waals surface area contributed by atoms with Crippen LogP contribution in [0.5, 0.6) is 0 Å². The smallest absolute Gasteiger partial charge is 0.0606 e. The molecule has 0 spiro atoms. The predicted molar refractivity (Wildman–Crippen MR) is 111 cm³/mol. The SMILES string of the molecule is CCCN(C)Cc1cn[nH]c1C1CC(OCC(C)C)CC(OCC(C)C)C1. The molecule has 1 aromatic heterocycles. The summed E-state index contributed by atoms with van der Waals surface area (Å²) in [7, 11) is 2.18. The van der Waals surface area contributed by atoms with Gasteiger partial charge in [0.15, 0.2) is 0 Å². The Kier molecular flexibility index (Phi) is 9.27. The molecule has 1 fully saturated rings. The van der Waals surface area contributed by atoms with Crippen LogP contribution in [0.4, 0.5) is 0 Å². The highest BCUT2D eigenvalue weighted by Gasteiger charge is 2.33. The van der Waals surface area contributed by atoms with Crippen molar-refractivity contribution < 1.29 is 9.47 Å². The first kappa shape index (κ1) is 22.4. The molecule has 27 heavy (non-hydrogen) atoms. The lowest BCUT2D eigenvalue weighted by molar-refractivity contribution is -0.0621. The van der Waals surface area contributed by atoms with E-state index in [9.17, 15) is 0 Å². The van der Waals surface area contributed by atoms with Gasteiger partial charge in [-0.2, -0.15) is 5.10 Å². The van der Waals surface area contributed by atoms with E-state index in [4.69, 9.17) is 9.47 Å². The van der Waals surface area contributed by atoms with Crippen LogP contribution in [-0.4, -0.2) is 54.1 Å². The largest absolute Gasteiger partial charge is 0.378 e. The molecule has 5 nitrogen and oxygen atoms in total. The highest BCUT2D eigenvalue weighted by Crippen LogP contribution is 2.37. The van der Waals surface area contributed by atoms with Gasteiger partial charge in [0, 0.05) is 36.9 Å². The molecule has 1 aromatic rings. The molecule has 5 heteroatoms. The predicted octanol–water partition coefficient (Wildman–Crippen LogP) is 4.60. The van der Waals surface area contributed by atoms with Crippen LogP contribution >= 0.6 is 0 Å². The topological polar surface area (TPSA) is 50.4 Å². The van der Waals surface area contributed by atoms with E-state index < -0.39 is 0 Å². The Hall–Kier alpha value is -0.910. The summed E-state index contributed by atoms with van der Waals surface area (Å²) in [5, 5.41) is 7.68. The Balaban J connectivity index is 2.07. The molecular weight excluding hydrogens is 338 g/mol. The molecule has 1 heterocycles. The van der Waals surface area contributed by atoms with E-state index in [-0.39, 0.29) is 12.2 Å². The first-order chi connectivity index (χ1) is 12.9. The molecule has 1 aliphatic rings. The number of aromatic amines is 1.